The van der Waals surface area contributed by atoms with Gasteiger partial charge in [-0.1, -0.05) is 6.07 Å². The maximum atomic E-state index is 12.0. The summed E-state index contributed by atoms with van der Waals surface area (Å²) in [7, 11) is 1.60. The fraction of sp³-hybridized carbons (Fsp3) is 0.278. The second kappa shape index (κ2) is 7.83. The van der Waals surface area contributed by atoms with Gasteiger partial charge in [0.2, 0.25) is 5.91 Å². The van der Waals surface area contributed by atoms with Crippen LogP contribution in [0.4, 0.5) is 5.00 Å². The van der Waals surface area contributed by atoms with Gasteiger partial charge < -0.3 is 14.8 Å². The smallest absolute Gasteiger partial charge is 0.248 e. The average molecular weight is 331 g/mol. The first-order chi connectivity index (χ1) is 11.0. The predicted octanol–water partition coefficient (Wildman–Crippen LogP) is 4.42. The molecule has 4 nitrogen and oxygen atoms in total. The van der Waals surface area contributed by atoms with Crippen molar-refractivity contribution in [3.05, 3.63) is 46.3 Å². The van der Waals surface area contributed by atoms with E-state index in [4.69, 9.17) is 9.47 Å². The van der Waals surface area contributed by atoms with Gasteiger partial charge in [-0.05, 0) is 56.2 Å². The summed E-state index contributed by atoms with van der Waals surface area (Å²) in [5.41, 5.74) is 2.06. The van der Waals surface area contributed by atoms with E-state index in [0.29, 0.717) is 18.1 Å². The van der Waals surface area contributed by atoms with Crippen LogP contribution in [-0.2, 0) is 4.79 Å². The summed E-state index contributed by atoms with van der Waals surface area (Å²) in [6, 6.07) is 7.54. The number of ether oxygens (including phenoxy) is 2. The Labute approximate surface area is 140 Å². The lowest BCUT2D eigenvalue weighted by atomic mass is 10.2. The molecule has 0 spiro atoms. The zero-order valence-electron chi connectivity index (χ0n) is 13.8. The van der Waals surface area contributed by atoms with Gasteiger partial charge in [-0.25, -0.2) is 0 Å². The van der Waals surface area contributed by atoms with Gasteiger partial charge in [0, 0.05) is 11.0 Å². The molecule has 122 valence electrons. The molecule has 23 heavy (non-hydrogen) atoms. The van der Waals surface area contributed by atoms with Crippen LogP contribution in [0.3, 0.4) is 0 Å². The van der Waals surface area contributed by atoms with Gasteiger partial charge in [0.25, 0.3) is 0 Å². The van der Waals surface area contributed by atoms with E-state index in [9.17, 15) is 4.79 Å². The Hall–Kier alpha value is -2.27. The van der Waals surface area contributed by atoms with Gasteiger partial charge in [-0.3, -0.25) is 4.79 Å². The summed E-state index contributed by atoms with van der Waals surface area (Å²) in [5, 5.41) is 3.73. The number of amides is 1. The molecule has 1 aromatic heterocycles. The minimum atomic E-state index is -0.154. The lowest BCUT2D eigenvalue weighted by Crippen LogP contribution is -2.06. The summed E-state index contributed by atoms with van der Waals surface area (Å²) in [4.78, 5) is 13.2. The predicted molar refractivity (Wildman–Crippen MR) is 95.6 cm³/mol. The third-order valence-corrected chi connectivity index (χ3v) is 4.40. The fourth-order valence-electron chi connectivity index (χ4n) is 2.03. The molecule has 1 amide bonds. The van der Waals surface area contributed by atoms with Crippen molar-refractivity contribution in [2.75, 3.05) is 19.0 Å². The molecule has 0 bridgehead atoms. The standard InChI is InChI=1S/C18H21NO3S/c1-5-22-15-8-6-14(11-16(15)21-4)7-9-17(20)19-18-10-12(2)13(3)23-18/h6-11H,5H2,1-4H3,(H,19,20)/b9-7+. The first-order valence-corrected chi connectivity index (χ1v) is 8.22. The molecule has 1 heterocycles. The molecule has 0 aliphatic carbocycles. The first kappa shape index (κ1) is 17.1. The molecule has 0 unspecified atom stereocenters. The molecule has 0 saturated carbocycles. The Kier molecular flexibility index (Phi) is 5.82. The van der Waals surface area contributed by atoms with Crippen molar-refractivity contribution in [1.29, 1.82) is 0 Å². The molecule has 1 aromatic carbocycles. The van der Waals surface area contributed by atoms with Gasteiger partial charge in [-0.2, -0.15) is 0 Å². The van der Waals surface area contributed by atoms with E-state index in [-0.39, 0.29) is 5.91 Å². The van der Waals surface area contributed by atoms with E-state index in [0.717, 1.165) is 10.6 Å². The number of benzene rings is 1. The number of rotatable bonds is 6. The lowest BCUT2D eigenvalue weighted by molar-refractivity contribution is -0.111. The minimum absolute atomic E-state index is 0.154. The van der Waals surface area contributed by atoms with Crippen LogP contribution in [-0.4, -0.2) is 19.6 Å². The Morgan fingerprint density at radius 2 is 2.04 bits per heavy atom. The number of anilines is 1. The molecular weight excluding hydrogens is 310 g/mol. The molecule has 0 radical (unpaired) electrons. The normalized spacial score (nSPS) is 10.8. The quantitative estimate of drug-likeness (QED) is 0.797. The lowest BCUT2D eigenvalue weighted by Gasteiger charge is -2.09. The molecule has 0 atom stereocenters. The Balaban J connectivity index is 2.05. The van der Waals surface area contributed by atoms with Crippen LogP contribution in [0.2, 0.25) is 0 Å². The summed E-state index contributed by atoms with van der Waals surface area (Å²) in [6.45, 7) is 6.57. The van der Waals surface area contributed by atoms with Crippen LogP contribution >= 0.6 is 11.3 Å². The maximum absolute atomic E-state index is 12.0. The molecule has 0 aliphatic rings. The molecule has 1 N–H and O–H groups in total. The van der Waals surface area contributed by atoms with Crippen molar-refractivity contribution in [1.82, 2.24) is 0 Å². The molecule has 0 aliphatic heterocycles. The highest BCUT2D eigenvalue weighted by atomic mass is 32.1. The zero-order valence-corrected chi connectivity index (χ0v) is 14.6. The number of thiophene rings is 1. The third kappa shape index (κ3) is 4.60. The molecule has 2 aromatic rings. The second-order valence-electron chi connectivity index (χ2n) is 5.02. The van der Waals surface area contributed by atoms with Gasteiger partial charge >= 0.3 is 0 Å². The van der Waals surface area contributed by atoms with Crippen molar-refractivity contribution in [2.45, 2.75) is 20.8 Å². The number of methoxy groups -OCH3 is 1. The SMILES string of the molecule is CCOc1ccc(/C=C/C(=O)Nc2cc(C)c(C)s2)cc1OC. The monoisotopic (exact) mass is 331 g/mol. The van der Waals surface area contributed by atoms with E-state index in [1.54, 1.807) is 24.5 Å². The van der Waals surface area contributed by atoms with Crippen LogP contribution in [0.5, 0.6) is 11.5 Å². The third-order valence-electron chi connectivity index (χ3n) is 3.33. The molecule has 0 saturated heterocycles. The summed E-state index contributed by atoms with van der Waals surface area (Å²) < 4.78 is 10.8. The van der Waals surface area contributed by atoms with Crippen LogP contribution in [0, 0.1) is 13.8 Å². The van der Waals surface area contributed by atoms with E-state index in [1.165, 1.54) is 16.5 Å². The summed E-state index contributed by atoms with van der Waals surface area (Å²) in [6.07, 6.45) is 3.26. The van der Waals surface area contributed by atoms with Crippen LogP contribution in [0.15, 0.2) is 30.3 Å². The molecule has 0 fully saturated rings. The Bertz CT molecular complexity index is 700. The van der Waals surface area contributed by atoms with Crippen molar-refractivity contribution >= 4 is 28.3 Å². The van der Waals surface area contributed by atoms with Crippen LogP contribution in [0.25, 0.3) is 6.08 Å². The maximum Gasteiger partial charge on any atom is 0.248 e. The van der Waals surface area contributed by atoms with Crippen molar-refractivity contribution in [3.8, 4) is 11.5 Å². The Morgan fingerprint density at radius 3 is 2.65 bits per heavy atom. The van der Waals surface area contributed by atoms with E-state index in [1.807, 2.05) is 45.0 Å². The average Bonchev–Trinajstić information content (AvgIpc) is 2.84. The topological polar surface area (TPSA) is 47.6 Å². The first-order valence-electron chi connectivity index (χ1n) is 7.40. The largest absolute Gasteiger partial charge is 0.493 e. The van der Waals surface area contributed by atoms with Crippen molar-refractivity contribution in [2.24, 2.45) is 0 Å². The number of hydrogen-bond acceptors (Lipinski definition) is 4. The minimum Gasteiger partial charge on any atom is -0.493 e. The van der Waals surface area contributed by atoms with E-state index >= 15 is 0 Å². The second-order valence-corrected chi connectivity index (χ2v) is 6.27. The van der Waals surface area contributed by atoms with Crippen molar-refractivity contribution in [3.63, 3.8) is 0 Å². The summed E-state index contributed by atoms with van der Waals surface area (Å²) in [5.74, 6) is 1.19. The molecule has 5 heteroatoms. The van der Waals surface area contributed by atoms with Gasteiger partial charge in [0.15, 0.2) is 11.5 Å². The highest BCUT2D eigenvalue weighted by Crippen LogP contribution is 2.28. The highest BCUT2D eigenvalue weighted by Gasteiger charge is 2.05. The Morgan fingerprint density at radius 1 is 1.26 bits per heavy atom. The highest BCUT2D eigenvalue weighted by molar-refractivity contribution is 7.16. The molecule has 2 rings (SSSR count). The van der Waals surface area contributed by atoms with Gasteiger partial charge in [0.1, 0.15) is 0 Å². The van der Waals surface area contributed by atoms with E-state index < -0.39 is 0 Å². The van der Waals surface area contributed by atoms with Crippen molar-refractivity contribution < 1.29 is 14.3 Å². The molecular formula is C18H21NO3S. The summed E-state index contributed by atoms with van der Waals surface area (Å²) >= 11 is 1.58. The fourth-order valence-corrected chi connectivity index (χ4v) is 2.97. The van der Waals surface area contributed by atoms with E-state index in [2.05, 4.69) is 5.32 Å². The van der Waals surface area contributed by atoms with Gasteiger partial charge in [0.05, 0.1) is 18.7 Å². The number of nitrogens with one attached hydrogen (secondary N) is 1. The number of hydrogen-bond donors (Lipinski definition) is 1. The number of aryl methyl sites for hydroxylation is 2. The van der Waals surface area contributed by atoms with Crippen LogP contribution in [0.1, 0.15) is 22.9 Å². The van der Waals surface area contributed by atoms with Gasteiger partial charge in [-0.15, -0.1) is 11.3 Å². The van der Waals surface area contributed by atoms with Crippen LogP contribution < -0.4 is 14.8 Å². The zero-order chi connectivity index (χ0) is 16.8. The number of carbonyl (C=O) groups excluding carboxylic acids is 1. The number of carbonyl (C=O) groups is 1.